The van der Waals surface area contributed by atoms with E-state index in [1.54, 1.807) is 17.0 Å². The van der Waals surface area contributed by atoms with Gasteiger partial charge in [-0.2, -0.15) is 5.10 Å². The molecular formula is C16H19N5O3. The first-order valence-electron chi connectivity index (χ1n) is 8.23. The fourth-order valence-corrected chi connectivity index (χ4v) is 3.18. The average molecular weight is 329 g/mol. The molecule has 0 unspecified atom stereocenters. The molecular weight excluding hydrogens is 310 g/mol. The van der Waals surface area contributed by atoms with E-state index in [2.05, 4.69) is 15.4 Å². The number of hydrogen-bond acceptors (Lipinski definition) is 5. The van der Waals surface area contributed by atoms with Crippen LogP contribution < -0.4 is 5.73 Å². The monoisotopic (exact) mass is 329 g/mol. The molecule has 1 aliphatic carbocycles. The molecule has 0 atom stereocenters. The number of primary amides is 1. The number of carbonyl (C=O) groups excluding carboxylic acids is 2. The first-order valence-corrected chi connectivity index (χ1v) is 8.23. The predicted molar refractivity (Wildman–Crippen MR) is 83.5 cm³/mol. The lowest BCUT2D eigenvalue weighted by molar-refractivity contribution is 0.0701. The van der Waals surface area contributed by atoms with E-state index in [0.717, 1.165) is 37.1 Å². The minimum atomic E-state index is -0.539. The molecule has 8 nitrogen and oxygen atoms in total. The molecule has 126 valence electrons. The Hall–Kier alpha value is -2.64. The first kappa shape index (κ1) is 14.9. The molecule has 4 rings (SSSR count). The van der Waals surface area contributed by atoms with Gasteiger partial charge in [0.1, 0.15) is 11.5 Å². The van der Waals surface area contributed by atoms with E-state index >= 15 is 0 Å². The summed E-state index contributed by atoms with van der Waals surface area (Å²) in [5, 5.41) is 10.7. The van der Waals surface area contributed by atoms with Gasteiger partial charge < -0.3 is 15.2 Å². The summed E-state index contributed by atoms with van der Waals surface area (Å²) in [5.41, 5.74) is 6.76. The van der Waals surface area contributed by atoms with E-state index in [1.807, 2.05) is 0 Å². The first-order chi connectivity index (χ1) is 11.6. The third kappa shape index (κ3) is 2.79. The van der Waals surface area contributed by atoms with Crippen molar-refractivity contribution in [2.24, 2.45) is 5.73 Å². The van der Waals surface area contributed by atoms with E-state index < -0.39 is 5.91 Å². The maximum atomic E-state index is 12.5. The largest absolute Gasteiger partial charge is 0.364 e. The van der Waals surface area contributed by atoms with Crippen LogP contribution in [0.15, 0.2) is 16.7 Å². The number of aromatic amines is 1. The maximum absolute atomic E-state index is 12.5. The fourth-order valence-electron chi connectivity index (χ4n) is 3.18. The summed E-state index contributed by atoms with van der Waals surface area (Å²) in [6, 6.07) is 3.48. The summed E-state index contributed by atoms with van der Waals surface area (Å²) in [6.45, 7) is 1.28. The molecule has 2 aliphatic rings. The van der Waals surface area contributed by atoms with Crippen LogP contribution in [0.25, 0.3) is 0 Å². The van der Waals surface area contributed by atoms with Crippen molar-refractivity contribution in [2.75, 3.05) is 13.1 Å². The number of carbonyl (C=O) groups is 2. The quantitative estimate of drug-likeness (QED) is 0.879. The number of H-pyrrole nitrogens is 1. The number of nitrogens with zero attached hydrogens (tertiary/aromatic N) is 3. The zero-order valence-corrected chi connectivity index (χ0v) is 13.2. The standard InChI is InChI=1S/C16H19N5O3/c17-15(22)12-7-11(18-19-12)9-3-5-21(6-4-9)16(23)13-8-14(24-20-13)10-1-2-10/h7-10H,1-6H2,(H2,17,22)(H,18,19). The Bertz CT molecular complexity index is 768. The van der Waals surface area contributed by atoms with Crippen LogP contribution in [-0.4, -0.2) is 45.2 Å². The SMILES string of the molecule is NC(=O)c1cc(C2CCN(C(=O)c3cc(C4CC4)on3)CC2)[nH]n1. The molecule has 2 amide bonds. The highest BCUT2D eigenvalue weighted by Gasteiger charge is 2.31. The van der Waals surface area contributed by atoms with Crippen molar-refractivity contribution in [2.45, 2.75) is 37.5 Å². The Morgan fingerprint density at radius 1 is 1.12 bits per heavy atom. The van der Waals surface area contributed by atoms with Gasteiger partial charge in [-0.25, -0.2) is 0 Å². The number of piperidine rings is 1. The van der Waals surface area contributed by atoms with Crippen molar-refractivity contribution < 1.29 is 14.1 Å². The Morgan fingerprint density at radius 3 is 2.50 bits per heavy atom. The maximum Gasteiger partial charge on any atom is 0.276 e. The van der Waals surface area contributed by atoms with E-state index in [4.69, 9.17) is 10.3 Å². The van der Waals surface area contributed by atoms with Gasteiger partial charge in [-0.15, -0.1) is 0 Å². The minimum absolute atomic E-state index is 0.0773. The highest BCUT2D eigenvalue weighted by atomic mass is 16.5. The fraction of sp³-hybridized carbons (Fsp3) is 0.500. The smallest absolute Gasteiger partial charge is 0.276 e. The molecule has 3 heterocycles. The second-order valence-electron chi connectivity index (χ2n) is 6.53. The van der Waals surface area contributed by atoms with Crippen LogP contribution in [0.5, 0.6) is 0 Å². The van der Waals surface area contributed by atoms with Gasteiger partial charge in [-0.05, 0) is 31.7 Å². The van der Waals surface area contributed by atoms with Gasteiger partial charge in [-0.1, -0.05) is 5.16 Å². The normalized spacial score (nSPS) is 18.8. The van der Waals surface area contributed by atoms with Crippen molar-refractivity contribution in [3.8, 4) is 0 Å². The number of amides is 2. The predicted octanol–water partition coefficient (Wildman–Crippen LogP) is 1.39. The minimum Gasteiger partial charge on any atom is -0.364 e. The molecule has 0 bridgehead atoms. The van der Waals surface area contributed by atoms with Crippen molar-refractivity contribution in [1.29, 1.82) is 0 Å². The van der Waals surface area contributed by atoms with Gasteiger partial charge in [0.25, 0.3) is 11.8 Å². The molecule has 24 heavy (non-hydrogen) atoms. The van der Waals surface area contributed by atoms with Crippen molar-refractivity contribution in [3.05, 3.63) is 35.0 Å². The van der Waals surface area contributed by atoms with Gasteiger partial charge >= 0.3 is 0 Å². The van der Waals surface area contributed by atoms with Crippen LogP contribution >= 0.6 is 0 Å². The molecule has 2 aromatic rings. The van der Waals surface area contributed by atoms with E-state index in [0.29, 0.717) is 24.7 Å². The molecule has 0 aromatic carbocycles. The topological polar surface area (TPSA) is 118 Å². The zero-order chi connectivity index (χ0) is 16.7. The Morgan fingerprint density at radius 2 is 1.88 bits per heavy atom. The molecule has 3 N–H and O–H groups in total. The summed E-state index contributed by atoms with van der Waals surface area (Å²) >= 11 is 0. The van der Waals surface area contributed by atoms with Gasteiger partial charge in [0.2, 0.25) is 0 Å². The average Bonchev–Trinajstić information content (AvgIpc) is 3.13. The highest BCUT2D eigenvalue weighted by molar-refractivity contribution is 5.92. The van der Waals surface area contributed by atoms with Crippen LogP contribution in [-0.2, 0) is 0 Å². The van der Waals surface area contributed by atoms with Crippen LogP contribution in [0.2, 0.25) is 0 Å². The van der Waals surface area contributed by atoms with E-state index in [1.165, 1.54) is 0 Å². The summed E-state index contributed by atoms with van der Waals surface area (Å²) < 4.78 is 5.26. The van der Waals surface area contributed by atoms with Gasteiger partial charge in [0, 0.05) is 36.7 Å². The summed E-state index contributed by atoms with van der Waals surface area (Å²) in [4.78, 5) is 25.4. The van der Waals surface area contributed by atoms with E-state index in [-0.39, 0.29) is 17.5 Å². The van der Waals surface area contributed by atoms with Crippen LogP contribution in [0.4, 0.5) is 0 Å². The number of rotatable bonds is 4. The molecule has 2 aromatic heterocycles. The van der Waals surface area contributed by atoms with Gasteiger partial charge in [0.05, 0.1) is 0 Å². The Balaban J connectivity index is 1.37. The van der Waals surface area contributed by atoms with E-state index in [9.17, 15) is 9.59 Å². The molecule has 1 saturated heterocycles. The Labute approximate surface area is 138 Å². The summed E-state index contributed by atoms with van der Waals surface area (Å²) in [7, 11) is 0. The second kappa shape index (κ2) is 5.77. The van der Waals surface area contributed by atoms with Gasteiger partial charge in [-0.3, -0.25) is 14.7 Å². The highest BCUT2D eigenvalue weighted by Crippen LogP contribution is 2.40. The van der Waals surface area contributed by atoms with Crippen molar-refractivity contribution >= 4 is 11.8 Å². The van der Waals surface area contributed by atoms with Crippen LogP contribution in [0.3, 0.4) is 0 Å². The molecule has 1 saturated carbocycles. The van der Waals surface area contributed by atoms with Crippen LogP contribution in [0, 0.1) is 0 Å². The molecule has 2 fully saturated rings. The van der Waals surface area contributed by atoms with Crippen molar-refractivity contribution in [3.63, 3.8) is 0 Å². The molecule has 0 spiro atoms. The number of aromatic nitrogens is 3. The second-order valence-corrected chi connectivity index (χ2v) is 6.53. The third-order valence-corrected chi connectivity index (χ3v) is 4.80. The van der Waals surface area contributed by atoms with Crippen LogP contribution in [0.1, 0.15) is 70.0 Å². The zero-order valence-electron chi connectivity index (χ0n) is 13.2. The van der Waals surface area contributed by atoms with Gasteiger partial charge in [0.15, 0.2) is 5.69 Å². The summed E-state index contributed by atoms with van der Waals surface area (Å²) in [5.74, 6) is 0.900. The molecule has 0 radical (unpaired) electrons. The lowest BCUT2D eigenvalue weighted by Gasteiger charge is -2.30. The molecule has 8 heteroatoms. The molecule has 1 aliphatic heterocycles. The Kier molecular flexibility index (Phi) is 3.59. The number of nitrogens with one attached hydrogen (secondary N) is 1. The number of hydrogen-bond donors (Lipinski definition) is 2. The van der Waals surface area contributed by atoms with Crippen molar-refractivity contribution in [1.82, 2.24) is 20.3 Å². The number of likely N-dealkylation sites (tertiary alicyclic amines) is 1. The lowest BCUT2D eigenvalue weighted by atomic mass is 9.93. The summed E-state index contributed by atoms with van der Waals surface area (Å²) in [6.07, 6.45) is 3.84. The lowest BCUT2D eigenvalue weighted by Crippen LogP contribution is -2.38. The third-order valence-electron chi connectivity index (χ3n) is 4.80. The number of nitrogens with two attached hydrogens (primary N) is 1.